The van der Waals surface area contributed by atoms with Crippen LogP contribution in [-0.4, -0.2) is 47.8 Å². The molecular weight excluding hydrogens is 685 g/mol. The Bertz CT molecular complexity index is 731. The molecule has 0 aliphatic heterocycles. The molecule has 0 aromatic rings. The fourth-order valence-electron chi connectivity index (χ4n) is 7.78. The molecule has 0 heterocycles. The summed E-state index contributed by atoms with van der Waals surface area (Å²) >= 11 is 0. The van der Waals surface area contributed by atoms with Gasteiger partial charge in [0.05, 0.1) is 0 Å². The lowest BCUT2D eigenvalue weighted by Crippen LogP contribution is -2.32. The summed E-state index contributed by atoms with van der Waals surface area (Å²) < 4.78 is 0. The Balaban J connectivity index is 0. The Kier molecular flexibility index (Phi) is 51.0. The number of unbranched alkanes of at least 4 members (excludes halogenated alkanes) is 32. The molecule has 0 radical (unpaired) electrons. The first-order chi connectivity index (χ1) is 27.5. The highest BCUT2D eigenvalue weighted by Gasteiger charge is 2.13. The van der Waals surface area contributed by atoms with Crippen LogP contribution in [0.5, 0.6) is 0 Å². The maximum atomic E-state index is 12.7. The summed E-state index contributed by atoms with van der Waals surface area (Å²) in [5.41, 5.74) is 0. The molecule has 4 nitrogen and oxygen atoms in total. The summed E-state index contributed by atoms with van der Waals surface area (Å²) in [6, 6.07) is 0. The molecular formula is C52H106N2O2. The molecule has 0 aliphatic carbocycles. The van der Waals surface area contributed by atoms with Gasteiger partial charge in [0.25, 0.3) is 0 Å². The summed E-state index contributed by atoms with van der Waals surface area (Å²) in [5, 5.41) is 0. The third-order valence-electron chi connectivity index (χ3n) is 11.8. The minimum atomic E-state index is 0.400. The molecule has 0 fully saturated rings. The van der Waals surface area contributed by atoms with Crippen LogP contribution >= 0.6 is 0 Å². The van der Waals surface area contributed by atoms with Crippen LogP contribution < -0.4 is 0 Å². The largest absolute Gasteiger partial charge is 0.343 e. The number of carbonyl (C=O) groups excluding carboxylic acids is 2. The van der Waals surface area contributed by atoms with Crippen molar-refractivity contribution < 1.29 is 9.59 Å². The number of hydrogen-bond donors (Lipinski definition) is 0. The maximum Gasteiger partial charge on any atom is 0.222 e. The highest BCUT2D eigenvalue weighted by molar-refractivity contribution is 5.76. The molecule has 0 atom stereocenters. The first-order valence-corrected chi connectivity index (χ1v) is 26.1. The predicted molar refractivity (Wildman–Crippen MR) is 252 cm³/mol. The van der Waals surface area contributed by atoms with Gasteiger partial charge in [-0.05, 0) is 38.5 Å². The average molecular weight is 791 g/mol. The van der Waals surface area contributed by atoms with Gasteiger partial charge in [-0.15, -0.1) is 0 Å². The maximum absolute atomic E-state index is 12.7. The molecule has 0 saturated heterocycles. The SMILES string of the molecule is CCCCCCCCCC(=O)N(CCCCCCCC)CCCCCCCC.CCCCCCCCCCCCCCCCCC(=O)N(CCCC)CCCC. The van der Waals surface area contributed by atoms with E-state index in [2.05, 4.69) is 51.3 Å². The number of hydrogen-bond acceptors (Lipinski definition) is 2. The Labute approximate surface area is 354 Å². The highest BCUT2D eigenvalue weighted by atomic mass is 16.2. The zero-order chi connectivity index (χ0) is 41.4. The lowest BCUT2D eigenvalue weighted by Gasteiger charge is -2.23. The van der Waals surface area contributed by atoms with Gasteiger partial charge in [-0.2, -0.15) is 0 Å². The monoisotopic (exact) mass is 791 g/mol. The molecule has 0 bridgehead atoms. The zero-order valence-electron chi connectivity index (χ0n) is 39.8. The molecule has 0 rings (SSSR count). The van der Waals surface area contributed by atoms with Crippen LogP contribution in [-0.2, 0) is 9.59 Å². The van der Waals surface area contributed by atoms with Gasteiger partial charge in [-0.25, -0.2) is 0 Å². The first-order valence-electron chi connectivity index (χ1n) is 26.1. The molecule has 4 heteroatoms. The van der Waals surface area contributed by atoms with E-state index in [0.717, 1.165) is 64.7 Å². The van der Waals surface area contributed by atoms with E-state index in [-0.39, 0.29) is 0 Å². The Morgan fingerprint density at radius 1 is 0.232 bits per heavy atom. The average Bonchev–Trinajstić information content (AvgIpc) is 3.20. The first kappa shape index (κ1) is 57.0. The molecule has 0 aromatic heterocycles. The molecule has 2 amide bonds. The van der Waals surface area contributed by atoms with Gasteiger partial charge >= 0.3 is 0 Å². The fourth-order valence-corrected chi connectivity index (χ4v) is 7.78. The molecule has 56 heavy (non-hydrogen) atoms. The fraction of sp³-hybridized carbons (Fsp3) is 0.962. The molecule has 0 N–H and O–H groups in total. The van der Waals surface area contributed by atoms with Crippen molar-refractivity contribution in [1.29, 1.82) is 0 Å². The van der Waals surface area contributed by atoms with E-state index in [1.807, 2.05) is 0 Å². The quantitative estimate of drug-likeness (QED) is 0.0577. The van der Waals surface area contributed by atoms with Gasteiger partial charge < -0.3 is 9.80 Å². The molecule has 336 valence electrons. The lowest BCUT2D eigenvalue weighted by atomic mass is 10.0. The van der Waals surface area contributed by atoms with Gasteiger partial charge in [0.2, 0.25) is 11.8 Å². The Morgan fingerprint density at radius 3 is 0.643 bits per heavy atom. The number of rotatable bonds is 44. The van der Waals surface area contributed by atoms with Crippen molar-refractivity contribution in [3.05, 3.63) is 0 Å². The third-order valence-corrected chi connectivity index (χ3v) is 11.8. The van der Waals surface area contributed by atoms with Crippen molar-refractivity contribution in [3.8, 4) is 0 Å². The standard InChI is InChI=1S/2C26H53NO/c1-4-7-10-11-12-13-14-15-16-17-18-19-20-21-22-23-26(28)27(24-8-5-2)25-9-6-3;1-4-7-10-13-16-17-20-23-26(28)27(24-21-18-14-11-8-5-2)25-22-19-15-12-9-6-3/h2*4-25H2,1-3H3. The predicted octanol–water partition coefficient (Wildman–Crippen LogP) is 17.4. The molecule has 0 saturated carbocycles. The minimum absolute atomic E-state index is 0.400. The lowest BCUT2D eigenvalue weighted by molar-refractivity contribution is -0.132. The second-order valence-corrected chi connectivity index (χ2v) is 17.6. The van der Waals surface area contributed by atoms with E-state index in [1.54, 1.807) is 0 Å². The molecule has 0 aromatic carbocycles. The second kappa shape index (κ2) is 50.1. The van der Waals surface area contributed by atoms with Crippen molar-refractivity contribution in [2.24, 2.45) is 0 Å². The van der Waals surface area contributed by atoms with Gasteiger partial charge in [0.1, 0.15) is 0 Å². The van der Waals surface area contributed by atoms with E-state index in [0.29, 0.717) is 11.8 Å². The van der Waals surface area contributed by atoms with Gasteiger partial charge in [-0.1, -0.05) is 247 Å². The van der Waals surface area contributed by atoms with E-state index >= 15 is 0 Å². The Morgan fingerprint density at radius 2 is 0.411 bits per heavy atom. The third kappa shape index (κ3) is 44.1. The van der Waals surface area contributed by atoms with Crippen molar-refractivity contribution in [1.82, 2.24) is 9.80 Å². The minimum Gasteiger partial charge on any atom is -0.343 e. The smallest absolute Gasteiger partial charge is 0.222 e. The van der Waals surface area contributed by atoms with E-state index in [1.165, 1.54) is 218 Å². The van der Waals surface area contributed by atoms with E-state index in [4.69, 9.17) is 0 Å². The number of nitrogens with zero attached hydrogens (tertiary/aromatic N) is 2. The Hall–Kier alpha value is -1.06. The van der Waals surface area contributed by atoms with Gasteiger partial charge in [0.15, 0.2) is 0 Å². The summed E-state index contributed by atoms with van der Waals surface area (Å²) in [6.07, 6.45) is 51.6. The molecule has 0 spiro atoms. The van der Waals surface area contributed by atoms with Crippen LogP contribution in [0.25, 0.3) is 0 Å². The number of carbonyl (C=O) groups is 2. The van der Waals surface area contributed by atoms with Crippen LogP contribution in [0.3, 0.4) is 0 Å². The van der Waals surface area contributed by atoms with Crippen molar-refractivity contribution in [2.45, 2.75) is 298 Å². The second-order valence-electron chi connectivity index (χ2n) is 17.6. The van der Waals surface area contributed by atoms with Gasteiger partial charge in [0, 0.05) is 39.0 Å². The summed E-state index contributed by atoms with van der Waals surface area (Å²) in [4.78, 5) is 29.5. The highest BCUT2D eigenvalue weighted by Crippen LogP contribution is 2.16. The van der Waals surface area contributed by atoms with Crippen LogP contribution in [0.4, 0.5) is 0 Å². The van der Waals surface area contributed by atoms with E-state index in [9.17, 15) is 9.59 Å². The summed E-state index contributed by atoms with van der Waals surface area (Å²) in [6.45, 7) is 17.4. The van der Waals surface area contributed by atoms with Crippen molar-refractivity contribution in [2.75, 3.05) is 26.2 Å². The van der Waals surface area contributed by atoms with Gasteiger partial charge in [-0.3, -0.25) is 9.59 Å². The molecule has 0 aliphatic rings. The van der Waals surface area contributed by atoms with Crippen LogP contribution in [0.15, 0.2) is 0 Å². The van der Waals surface area contributed by atoms with Crippen molar-refractivity contribution >= 4 is 11.8 Å². The molecule has 0 unspecified atom stereocenters. The summed E-state index contributed by atoms with van der Waals surface area (Å²) in [5.74, 6) is 0.826. The van der Waals surface area contributed by atoms with Crippen LogP contribution in [0.1, 0.15) is 298 Å². The van der Waals surface area contributed by atoms with Crippen LogP contribution in [0, 0.1) is 0 Å². The number of amides is 2. The normalized spacial score (nSPS) is 11.1. The van der Waals surface area contributed by atoms with E-state index < -0.39 is 0 Å². The topological polar surface area (TPSA) is 40.6 Å². The zero-order valence-corrected chi connectivity index (χ0v) is 39.8. The van der Waals surface area contributed by atoms with Crippen LogP contribution in [0.2, 0.25) is 0 Å². The summed E-state index contributed by atoms with van der Waals surface area (Å²) in [7, 11) is 0. The van der Waals surface area contributed by atoms with Crippen molar-refractivity contribution in [3.63, 3.8) is 0 Å².